The number of allylic oxidation sites excluding steroid dienone is 1. The second kappa shape index (κ2) is 6.63. The van der Waals surface area contributed by atoms with Gasteiger partial charge in [-0.2, -0.15) is 0 Å². The Morgan fingerprint density at radius 3 is 2.76 bits per heavy atom. The van der Waals surface area contributed by atoms with E-state index in [-0.39, 0.29) is 18.5 Å². The van der Waals surface area contributed by atoms with Gasteiger partial charge in [0.05, 0.1) is 0 Å². The monoisotopic (exact) mass is 335 g/mol. The number of nitrogen functional groups attached to an aromatic ring is 1. The molecule has 1 aliphatic heterocycles. The van der Waals surface area contributed by atoms with E-state index >= 15 is 0 Å². The third-order valence-corrected chi connectivity index (χ3v) is 4.92. The van der Waals surface area contributed by atoms with E-state index in [4.69, 9.17) is 15.2 Å². The molecule has 1 aliphatic carbocycles. The molecule has 2 aromatic carbocycles. The number of rotatable bonds is 5. The molecular weight excluding hydrogens is 314 g/mol. The van der Waals surface area contributed by atoms with Gasteiger partial charge in [-0.15, -0.1) is 0 Å². The van der Waals surface area contributed by atoms with Gasteiger partial charge in [0.25, 0.3) is 0 Å². The summed E-state index contributed by atoms with van der Waals surface area (Å²) in [6.07, 6.45) is 7.96. The molecule has 2 N–H and O–H groups in total. The Hall–Kier alpha value is -2.75. The van der Waals surface area contributed by atoms with E-state index in [0.717, 1.165) is 47.5 Å². The van der Waals surface area contributed by atoms with Crippen molar-refractivity contribution in [2.45, 2.75) is 25.7 Å². The standard InChI is InChI=1S/C21H21NO3/c22-17-9-8-15(18(12-17)21(23)16-5-2-6-16)4-1-3-14-7-10-19-20(11-14)25-13-24-19/h1,3,7-12,16H,2,4-6,13,22H2/b3-1+. The Bertz CT molecular complexity index is 837. The Morgan fingerprint density at radius 1 is 1.12 bits per heavy atom. The summed E-state index contributed by atoms with van der Waals surface area (Å²) >= 11 is 0. The lowest BCUT2D eigenvalue weighted by molar-refractivity contribution is 0.0854. The molecule has 1 heterocycles. The quantitative estimate of drug-likeness (QED) is 0.656. The predicted molar refractivity (Wildman–Crippen MR) is 97.8 cm³/mol. The van der Waals surface area contributed by atoms with Crippen molar-refractivity contribution in [3.63, 3.8) is 0 Å². The summed E-state index contributed by atoms with van der Waals surface area (Å²) in [4.78, 5) is 12.7. The van der Waals surface area contributed by atoms with Crippen LogP contribution in [0.4, 0.5) is 5.69 Å². The zero-order valence-corrected chi connectivity index (χ0v) is 14.0. The molecule has 4 heteroatoms. The van der Waals surface area contributed by atoms with Gasteiger partial charge in [-0.05, 0) is 54.7 Å². The van der Waals surface area contributed by atoms with Crippen LogP contribution in [-0.2, 0) is 6.42 Å². The fourth-order valence-corrected chi connectivity index (χ4v) is 3.23. The average Bonchev–Trinajstić information content (AvgIpc) is 3.02. The molecule has 1 saturated carbocycles. The van der Waals surface area contributed by atoms with E-state index in [1.165, 1.54) is 0 Å². The summed E-state index contributed by atoms with van der Waals surface area (Å²) in [7, 11) is 0. The molecule has 0 amide bonds. The minimum atomic E-state index is 0.179. The first-order valence-electron chi connectivity index (χ1n) is 8.69. The second-order valence-electron chi connectivity index (χ2n) is 6.63. The summed E-state index contributed by atoms with van der Waals surface area (Å²) in [5.41, 5.74) is 9.40. The average molecular weight is 335 g/mol. The molecule has 0 radical (unpaired) electrons. The van der Waals surface area contributed by atoms with Crippen molar-refractivity contribution < 1.29 is 14.3 Å². The Balaban J connectivity index is 1.51. The maximum absolute atomic E-state index is 12.7. The molecule has 0 saturated heterocycles. The van der Waals surface area contributed by atoms with Gasteiger partial charge in [-0.3, -0.25) is 4.79 Å². The number of ether oxygens (including phenoxy) is 2. The van der Waals surface area contributed by atoms with E-state index in [1.807, 2.05) is 42.5 Å². The molecule has 2 aliphatic rings. The highest BCUT2D eigenvalue weighted by Gasteiger charge is 2.27. The van der Waals surface area contributed by atoms with Crippen molar-refractivity contribution in [3.8, 4) is 11.5 Å². The van der Waals surface area contributed by atoms with E-state index in [1.54, 1.807) is 0 Å². The lowest BCUT2D eigenvalue weighted by Crippen LogP contribution is -2.23. The predicted octanol–water partition coefficient (Wildman–Crippen LogP) is 4.24. The molecule has 0 spiro atoms. The zero-order chi connectivity index (χ0) is 17.2. The molecule has 128 valence electrons. The number of fused-ring (bicyclic) bond motifs is 1. The van der Waals surface area contributed by atoms with Gasteiger partial charge in [-0.1, -0.05) is 30.7 Å². The van der Waals surface area contributed by atoms with E-state index in [9.17, 15) is 4.79 Å². The molecule has 0 unspecified atom stereocenters. The van der Waals surface area contributed by atoms with Gasteiger partial charge < -0.3 is 15.2 Å². The summed E-state index contributed by atoms with van der Waals surface area (Å²) in [5.74, 6) is 1.97. The number of hydrogen-bond donors (Lipinski definition) is 1. The Kier molecular flexibility index (Phi) is 4.18. The van der Waals surface area contributed by atoms with Gasteiger partial charge in [-0.25, -0.2) is 0 Å². The van der Waals surface area contributed by atoms with Crippen LogP contribution in [0.2, 0.25) is 0 Å². The Labute approximate surface area is 147 Å². The highest BCUT2D eigenvalue weighted by molar-refractivity contribution is 6.00. The molecule has 1 fully saturated rings. The second-order valence-corrected chi connectivity index (χ2v) is 6.63. The van der Waals surface area contributed by atoms with Crippen LogP contribution >= 0.6 is 0 Å². The van der Waals surface area contributed by atoms with Gasteiger partial charge in [0.1, 0.15) is 0 Å². The smallest absolute Gasteiger partial charge is 0.231 e. The lowest BCUT2D eigenvalue weighted by Gasteiger charge is -2.24. The van der Waals surface area contributed by atoms with Crippen molar-refractivity contribution in [2.24, 2.45) is 5.92 Å². The normalized spacial score (nSPS) is 16.2. The van der Waals surface area contributed by atoms with Crippen LogP contribution in [0.5, 0.6) is 11.5 Å². The molecular formula is C21H21NO3. The van der Waals surface area contributed by atoms with Crippen molar-refractivity contribution >= 4 is 17.5 Å². The van der Waals surface area contributed by atoms with Crippen molar-refractivity contribution in [2.75, 3.05) is 12.5 Å². The minimum Gasteiger partial charge on any atom is -0.454 e. The molecule has 0 bridgehead atoms. The van der Waals surface area contributed by atoms with E-state index < -0.39 is 0 Å². The number of nitrogens with two attached hydrogens (primary N) is 1. The van der Waals surface area contributed by atoms with Gasteiger partial charge in [0.15, 0.2) is 17.3 Å². The highest BCUT2D eigenvalue weighted by Crippen LogP contribution is 2.33. The van der Waals surface area contributed by atoms with E-state index in [2.05, 4.69) is 6.08 Å². The number of benzene rings is 2. The molecule has 25 heavy (non-hydrogen) atoms. The fraction of sp³-hybridized carbons (Fsp3) is 0.286. The minimum absolute atomic E-state index is 0.179. The van der Waals surface area contributed by atoms with Crippen LogP contribution in [0.15, 0.2) is 42.5 Å². The van der Waals surface area contributed by atoms with Crippen LogP contribution in [-0.4, -0.2) is 12.6 Å². The van der Waals surface area contributed by atoms with Crippen LogP contribution in [0.25, 0.3) is 6.08 Å². The van der Waals surface area contributed by atoms with Gasteiger partial charge in [0.2, 0.25) is 6.79 Å². The highest BCUT2D eigenvalue weighted by atomic mass is 16.7. The number of carbonyl (C=O) groups is 1. The SMILES string of the molecule is Nc1ccc(C/C=C/c2ccc3c(c2)OCO3)c(C(=O)C2CCC2)c1. The van der Waals surface area contributed by atoms with Crippen LogP contribution < -0.4 is 15.2 Å². The molecule has 4 rings (SSSR count). The number of carbonyl (C=O) groups excluding carboxylic acids is 1. The third kappa shape index (κ3) is 3.25. The largest absolute Gasteiger partial charge is 0.454 e. The maximum Gasteiger partial charge on any atom is 0.231 e. The van der Waals surface area contributed by atoms with Crippen molar-refractivity contribution in [3.05, 3.63) is 59.2 Å². The van der Waals surface area contributed by atoms with Crippen LogP contribution in [0.1, 0.15) is 40.7 Å². The first-order valence-corrected chi connectivity index (χ1v) is 8.69. The Morgan fingerprint density at radius 2 is 1.96 bits per heavy atom. The topological polar surface area (TPSA) is 61.6 Å². The van der Waals surface area contributed by atoms with E-state index in [0.29, 0.717) is 12.1 Å². The third-order valence-electron chi connectivity index (χ3n) is 4.92. The first kappa shape index (κ1) is 15.8. The summed E-state index contributed by atoms with van der Waals surface area (Å²) in [6, 6.07) is 11.5. The lowest BCUT2D eigenvalue weighted by atomic mass is 9.78. The van der Waals surface area contributed by atoms with Gasteiger partial charge >= 0.3 is 0 Å². The number of anilines is 1. The summed E-state index contributed by atoms with van der Waals surface area (Å²) in [6.45, 7) is 0.278. The zero-order valence-electron chi connectivity index (χ0n) is 14.0. The van der Waals surface area contributed by atoms with Crippen molar-refractivity contribution in [1.82, 2.24) is 0 Å². The maximum atomic E-state index is 12.7. The number of hydrogen-bond acceptors (Lipinski definition) is 4. The molecule has 2 aromatic rings. The van der Waals surface area contributed by atoms with Crippen molar-refractivity contribution in [1.29, 1.82) is 0 Å². The summed E-state index contributed by atoms with van der Waals surface area (Å²) < 4.78 is 10.7. The fourth-order valence-electron chi connectivity index (χ4n) is 3.23. The molecule has 0 aromatic heterocycles. The molecule has 4 nitrogen and oxygen atoms in total. The molecule has 0 atom stereocenters. The van der Waals surface area contributed by atoms with Crippen LogP contribution in [0.3, 0.4) is 0 Å². The summed E-state index contributed by atoms with van der Waals surface area (Å²) in [5, 5.41) is 0. The van der Waals surface area contributed by atoms with Gasteiger partial charge in [0, 0.05) is 17.2 Å². The first-order chi connectivity index (χ1) is 12.2. The number of Topliss-reactive ketones (excluding diaryl/α,β-unsaturated/α-hetero) is 1. The number of ketones is 1. The van der Waals surface area contributed by atoms with Crippen LogP contribution in [0, 0.1) is 5.92 Å².